The average molecular weight is 206 g/mol. The fourth-order valence-electron chi connectivity index (χ4n) is 2.36. The predicted octanol–water partition coefficient (Wildman–Crippen LogP) is 3.90. The van der Waals surface area contributed by atoms with Gasteiger partial charge in [0.2, 0.25) is 0 Å². The normalized spacial score (nSPS) is 21.7. The zero-order chi connectivity index (χ0) is 11.3. The third-order valence-corrected chi connectivity index (χ3v) is 3.02. The van der Waals surface area contributed by atoms with E-state index in [-0.39, 0.29) is 0 Å². The van der Waals surface area contributed by atoms with Gasteiger partial charge in [0.05, 0.1) is 0 Å². The summed E-state index contributed by atoms with van der Waals surface area (Å²) >= 11 is 0. The minimum absolute atomic E-state index is 0.639. The molecule has 0 aromatic carbocycles. The topological polar surface area (TPSA) is 17.1 Å². The van der Waals surface area contributed by atoms with E-state index in [0.29, 0.717) is 6.42 Å². The van der Waals surface area contributed by atoms with Crippen LogP contribution >= 0.6 is 0 Å². The number of rotatable bonds is 5. The van der Waals surface area contributed by atoms with Gasteiger partial charge in [0, 0.05) is 6.42 Å². The SMILES string of the molecule is C=C1CC(CC(C)C)CC=C1CCC=O. The summed E-state index contributed by atoms with van der Waals surface area (Å²) in [6, 6.07) is 0. The van der Waals surface area contributed by atoms with E-state index in [1.807, 2.05) is 0 Å². The molecule has 84 valence electrons. The summed E-state index contributed by atoms with van der Waals surface area (Å²) in [6.45, 7) is 8.67. The molecule has 0 saturated carbocycles. The van der Waals surface area contributed by atoms with Crippen molar-refractivity contribution >= 4 is 6.29 Å². The van der Waals surface area contributed by atoms with Crippen molar-refractivity contribution < 1.29 is 4.79 Å². The first-order valence-electron chi connectivity index (χ1n) is 5.94. The van der Waals surface area contributed by atoms with Crippen LogP contribution < -0.4 is 0 Å². The molecule has 1 unspecified atom stereocenters. The first-order valence-corrected chi connectivity index (χ1v) is 5.94. The molecule has 1 nitrogen and oxygen atoms in total. The summed E-state index contributed by atoms with van der Waals surface area (Å²) in [5.74, 6) is 1.55. The Labute approximate surface area is 93.3 Å². The van der Waals surface area contributed by atoms with Gasteiger partial charge in [-0.15, -0.1) is 0 Å². The molecule has 1 atom stereocenters. The van der Waals surface area contributed by atoms with E-state index in [1.54, 1.807) is 0 Å². The lowest BCUT2D eigenvalue weighted by atomic mass is 9.81. The fourth-order valence-corrected chi connectivity index (χ4v) is 2.36. The summed E-state index contributed by atoms with van der Waals surface area (Å²) in [6.07, 6.45) is 8.40. The Morgan fingerprint density at radius 3 is 2.87 bits per heavy atom. The number of hydrogen-bond acceptors (Lipinski definition) is 1. The second-order valence-corrected chi connectivity index (χ2v) is 4.97. The average Bonchev–Trinajstić information content (AvgIpc) is 2.15. The van der Waals surface area contributed by atoms with Crippen molar-refractivity contribution in [2.45, 2.75) is 46.0 Å². The van der Waals surface area contributed by atoms with Crippen LogP contribution in [0.5, 0.6) is 0 Å². The molecule has 0 aromatic heterocycles. The van der Waals surface area contributed by atoms with Gasteiger partial charge >= 0.3 is 0 Å². The van der Waals surface area contributed by atoms with Crippen LogP contribution in [0.3, 0.4) is 0 Å². The second kappa shape index (κ2) is 5.89. The number of aldehydes is 1. The number of carbonyl (C=O) groups is 1. The van der Waals surface area contributed by atoms with Gasteiger partial charge in [0.25, 0.3) is 0 Å². The Hall–Kier alpha value is -0.850. The highest BCUT2D eigenvalue weighted by molar-refractivity contribution is 5.51. The van der Waals surface area contributed by atoms with Gasteiger partial charge in [-0.25, -0.2) is 0 Å². The van der Waals surface area contributed by atoms with Crippen molar-refractivity contribution in [3.63, 3.8) is 0 Å². The van der Waals surface area contributed by atoms with E-state index in [0.717, 1.165) is 31.0 Å². The lowest BCUT2D eigenvalue weighted by molar-refractivity contribution is -0.107. The van der Waals surface area contributed by atoms with E-state index in [1.165, 1.54) is 24.0 Å². The molecule has 0 bridgehead atoms. The Bertz CT molecular complexity index is 261. The molecule has 0 aromatic rings. The van der Waals surface area contributed by atoms with Gasteiger partial charge in [-0.05, 0) is 43.1 Å². The van der Waals surface area contributed by atoms with Gasteiger partial charge in [-0.2, -0.15) is 0 Å². The molecule has 15 heavy (non-hydrogen) atoms. The first-order chi connectivity index (χ1) is 7.13. The van der Waals surface area contributed by atoms with E-state index in [4.69, 9.17) is 0 Å². The molecule has 0 aliphatic heterocycles. The van der Waals surface area contributed by atoms with Crippen molar-refractivity contribution in [2.24, 2.45) is 11.8 Å². The van der Waals surface area contributed by atoms with Gasteiger partial charge in [0.15, 0.2) is 0 Å². The summed E-state index contributed by atoms with van der Waals surface area (Å²) < 4.78 is 0. The molecule has 0 radical (unpaired) electrons. The molecule has 1 heteroatoms. The monoisotopic (exact) mass is 206 g/mol. The summed E-state index contributed by atoms with van der Waals surface area (Å²) in [5, 5.41) is 0. The van der Waals surface area contributed by atoms with Crippen LogP contribution in [-0.4, -0.2) is 6.29 Å². The lowest BCUT2D eigenvalue weighted by Gasteiger charge is -2.25. The molecular formula is C14H22O. The Morgan fingerprint density at radius 2 is 2.33 bits per heavy atom. The smallest absolute Gasteiger partial charge is 0.120 e. The van der Waals surface area contributed by atoms with Crippen LogP contribution in [-0.2, 0) is 4.79 Å². The van der Waals surface area contributed by atoms with E-state index < -0.39 is 0 Å². The maximum atomic E-state index is 10.3. The Kier molecular flexibility index (Phi) is 4.80. The van der Waals surface area contributed by atoms with Crippen molar-refractivity contribution in [2.75, 3.05) is 0 Å². The zero-order valence-electron chi connectivity index (χ0n) is 9.96. The molecule has 0 amide bonds. The molecule has 0 spiro atoms. The van der Waals surface area contributed by atoms with E-state index in [2.05, 4.69) is 26.5 Å². The largest absolute Gasteiger partial charge is 0.303 e. The highest BCUT2D eigenvalue weighted by Crippen LogP contribution is 2.33. The first kappa shape index (κ1) is 12.2. The van der Waals surface area contributed by atoms with Gasteiger partial charge < -0.3 is 4.79 Å². The summed E-state index contributed by atoms with van der Waals surface area (Å²) in [5.41, 5.74) is 2.58. The molecule has 1 rings (SSSR count). The third kappa shape index (κ3) is 4.03. The lowest BCUT2D eigenvalue weighted by Crippen LogP contribution is -2.10. The van der Waals surface area contributed by atoms with Crippen molar-refractivity contribution in [3.05, 3.63) is 23.8 Å². The van der Waals surface area contributed by atoms with Crippen LogP contribution in [0, 0.1) is 11.8 Å². The van der Waals surface area contributed by atoms with Crippen LogP contribution in [0.4, 0.5) is 0 Å². The molecule has 1 aliphatic carbocycles. The van der Waals surface area contributed by atoms with Crippen LogP contribution in [0.25, 0.3) is 0 Å². The maximum absolute atomic E-state index is 10.3. The molecule has 0 fully saturated rings. The minimum atomic E-state index is 0.639. The van der Waals surface area contributed by atoms with Crippen LogP contribution in [0.2, 0.25) is 0 Å². The number of carbonyl (C=O) groups excluding carboxylic acids is 1. The molecule has 0 saturated heterocycles. The van der Waals surface area contributed by atoms with Crippen molar-refractivity contribution in [1.29, 1.82) is 0 Å². The highest BCUT2D eigenvalue weighted by atomic mass is 16.1. The van der Waals surface area contributed by atoms with Crippen LogP contribution in [0.1, 0.15) is 46.0 Å². The zero-order valence-corrected chi connectivity index (χ0v) is 9.96. The molecule has 1 aliphatic rings. The van der Waals surface area contributed by atoms with Gasteiger partial charge in [-0.3, -0.25) is 0 Å². The number of hydrogen-bond donors (Lipinski definition) is 0. The maximum Gasteiger partial charge on any atom is 0.120 e. The van der Waals surface area contributed by atoms with Gasteiger partial charge in [0.1, 0.15) is 6.29 Å². The third-order valence-electron chi connectivity index (χ3n) is 3.02. The second-order valence-electron chi connectivity index (χ2n) is 4.97. The van der Waals surface area contributed by atoms with Crippen LogP contribution in [0.15, 0.2) is 23.8 Å². The highest BCUT2D eigenvalue weighted by Gasteiger charge is 2.17. The predicted molar refractivity (Wildman–Crippen MR) is 64.7 cm³/mol. The standard InChI is InChI=1S/C14H22O/c1-11(2)9-13-6-7-14(5-4-8-15)12(3)10-13/h7-8,11,13H,3-6,9-10H2,1-2H3. The Morgan fingerprint density at radius 1 is 1.60 bits per heavy atom. The fraction of sp³-hybridized carbons (Fsp3) is 0.643. The van der Waals surface area contributed by atoms with Crippen molar-refractivity contribution in [3.8, 4) is 0 Å². The molecular weight excluding hydrogens is 184 g/mol. The van der Waals surface area contributed by atoms with E-state index >= 15 is 0 Å². The Balaban J connectivity index is 2.47. The van der Waals surface area contributed by atoms with Crippen molar-refractivity contribution in [1.82, 2.24) is 0 Å². The number of allylic oxidation sites excluding steroid dienone is 3. The quantitative estimate of drug-likeness (QED) is 0.623. The summed E-state index contributed by atoms with van der Waals surface area (Å²) in [7, 11) is 0. The molecule has 0 N–H and O–H groups in total. The minimum Gasteiger partial charge on any atom is -0.303 e. The summed E-state index contributed by atoms with van der Waals surface area (Å²) in [4.78, 5) is 10.3. The molecule has 0 heterocycles. The van der Waals surface area contributed by atoms with E-state index in [9.17, 15) is 4.79 Å². The van der Waals surface area contributed by atoms with Gasteiger partial charge in [-0.1, -0.05) is 32.1 Å².